The molecule has 1 saturated heterocycles. The number of imidazole rings is 1. The van der Waals surface area contributed by atoms with E-state index >= 15 is 0 Å². The van der Waals surface area contributed by atoms with Crippen molar-refractivity contribution in [3.63, 3.8) is 0 Å². The second kappa shape index (κ2) is 7.40. The lowest BCUT2D eigenvalue weighted by Crippen LogP contribution is -2.33. The van der Waals surface area contributed by atoms with Gasteiger partial charge >= 0.3 is 0 Å². The molecule has 1 aliphatic heterocycles. The van der Waals surface area contributed by atoms with Crippen LogP contribution >= 0.6 is 0 Å². The highest BCUT2D eigenvalue weighted by molar-refractivity contribution is 5.82. The summed E-state index contributed by atoms with van der Waals surface area (Å²) in [5, 5.41) is 32.6. The van der Waals surface area contributed by atoms with Gasteiger partial charge in [-0.05, 0) is 30.2 Å². The predicted octanol–water partition coefficient (Wildman–Crippen LogP) is 0.497. The van der Waals surface area contributed by atoms with Crippen LogP contribution in [0.15, 0.2) is 30.9 Å². The van der Waals surface area contributed by atoms with Crippen molar-refractivity contribution >= 4 is 17.0 Å². The quantitative estimate of drug-likeness (QED) is 0.497. The molecule has 0 spiro atoms. The summed E-state index contributed by atoms with van der Waals surface area (Å²) in [5.74, 6) is 0.128. The lowest BCUT2D eigenvalue weighted by Gasteiger charge is -2.16. The number of rotatable bonds is 5. The van der Waals surface area contributed by atoms with Crippen LogP contribution in [0.25, 0.3) is 11.2 Å². The molecule has 4 N–H and O–H groups in total. The third kappa shape index (κ3) is 3.20. The number of aliphatic hydroxyl groups is 3. The maximum atomic E-state index is 13.5. The van der Waals surface area contributed by atoms with Gasteiger partial charge in [-0.1, -0.05) is 6.07 Å². The molecular formula is C18H20FN5O4. The number of hydrogen-bond donors (Lipinski definition) is 4. The first-order chi connectivity index (χ1) is 13.5. The van der Waals surface area contributed by atoms with E-state index in [4.69, 9.17) is 4.74 Å². The van der Waals surface area contributed by atoms with E-state index in [0.29, 0.717) is 23.5 Å². The molecule has 1 unspecified atom stereocenters. The smallest absolute Gasteiger partial charge is 0.167 e. The molecule has 9 nitrogen and oxygen atoms in total. The van der Waals surface area contributed by atoms with Crippen LogP contribution in [0.2, 0.25) is 0 Å². The van der Waals surface area contributed by atoms with E-state index in [1.165, 1.54) is 29.4 Å². The van der Waals surface area contributed by atoms with Gasteiger partial charge in [0.25, 0.3) is 0 Å². The molecule has 3 aromatic rings. The van der Waals surface area contributed by atoms with Crippen LogP contribution in [0.3, 0.4) is 0 Å². The van der Waals surface area contributed by atoms with Crippen molar-refractivity contribution in [2.45, 2.75) is 38.0 Å². The van der Waals surface area contributed by atoms with Crippen molar-refractivity contribution in [2.24, 2.45) is 0 Å². The maximum Gasteiger partial charge on any atom is 0.167 e. The zero-order valence-corrected chi connectivity index (χ0v) is 15.0. The first kappa shape index (κ1) is 18.7. The van der Waals surface area contributed by atoms with Gasteiger partial charge in [-0.25, -0.2) is 19.3 Å². The summed E-state index contributed by atoms with van der Waals surface area (Å²) in [7, 11) is 0. The standard InChI is InChI=1S/C18H20FN5O4/c1-9-2-3-11(19)4-10(9)5-20-16-13-17(22-7-21-16)24(8-23-13)18-15(27)14(26)12(6-25)28-18/h2-4,7-8,12,14-15,18,25-27H,5-6H2,1H3,(H,20,21,22)/t12-,14-,15-,18?/m1/s1. The number of hydrogen-bond acceptors (Lipinski definition) is 8. The van der Waals surface area contributed by atoms with E-state index in [1.807, 2.05) is 6.92 Å². The van der Waals surface area contributed by atoms with Gasteiger partial charge in [-0.15, -0.1) is 0 Å². The molecule has 0 bridgehead atoms. The Morgan fingerprint density at radius 1 is 1.21 bits per heavy atom. The molecule has 1 fully saturated rings. The maximum absolute atomic E-state index is 13.5. The average molecular weight is 389 g/mol. The Hall–Kier alpha value is -2.66. The number of ether oxygens (including phenoxy) is 1. The molecule has 1 aromatic carbocycles. The summed E-state index contributed by atoms with van der Waals surface area (Å²) in [4.78, 5) is 12.7. The Balaban J connectivity index is 1.61. The number of benzene rings is 1. The fraction of sp³-hybridized carbons (Fsp3) is 0.389. The number of halogens is 1. The molecule has 0 saturated carbocycles. The second-order valence-electron chi connectivity index (χ2n) is 6.70. The minimum atomic E-state index is -1.24. The predicted molar refractivity (Wildman–Crippen MR) is 96.8 cm³/mol. The molecule has 10 heteroatoms. The van der Waals surface area contributed by atoms with Gasteiger partial charge in [-0.3, -0.25) is 4.57 Å². The first-order valence-corrected chi connectivity index (χ1v) is 8.78. The number of aromatic nitrogens is 4. The summed E-state index contributed by atoms with van der Waals surface area (Å²) in [6.07, 6.45) is -1.53. The summed E-state index contributed by atoms with van der Waals surface area (Å²) < 4.78 is 20.5. The number of aryl methyl sites for hydroxylation is 1. The Morgan fingerprint density at radius 2 is 2.04 bits per heavy atom. The van der Waals surface area contributed by atoms with Crippen molar-refractivity contribution < 1.29 is 24.4 Å². The van der Waals surface area contributed by atoms with Crippen molar-refractivity contribution in [1.82, 2.24) is 19.5 Å². The van der Waals surface area contributed by atoms with Crippen LogP contribution in [0, 0.1) is 12.7 Å². The van der Waals surface area contributed by atoms with E-state index < -0.39 is 31.1 Å². The Bertz CT molecular complexity index is 997. The summed E-state index contributed by atoms with van der Waals surface area (Å²) >= 11 is 0. The molecular weight excluding hydrogens is 369 g/mol. The Morgan fingerprint density at radius 3 is 2.79 bits per heavy atom. The normalized spacial score (nSPS) is 24.8. The minimum absolute atomic E-state index is 0.316. The minimum Gasteiger partial charge on any atom is -0.394 e. The molecule has 4 rings (SSSR count). The van der Waals surface area contributed by atoms with Gasteiger partial charge in [-0.2, -0.15) is 0 Å². The van der Waals surface area contributed by atoms with Crippen molar-refractivity contribution in [1.29, 1.82) is 0 Å². The van der Waals surface area contributed by atoms with E-state index in [1.54, 1.807) is 6.07 Å². The zero-order chi connectivity index (χ0) is 19.8. The van der Waals surface area contributed by atoms with Crippen molar-refractivity contribution in [3.8, 4) is 0 Å². The largest absolute Gasteiger partial charge is 0.394 e. The highest BCUT2D eigenvalue weighted by Gasteiger charge is 2.44. The third-order valence-corrected chi connectivity index (χ3v) is 4.91. The number of anilines is 1. The number of nitrogens with one attached hydrogen (secondary N) is 1. The Labute approximate surface area is 159 Å². The molecule has 4 atom stereocenters. The molecule has 2 aromatic heterocycles. The summed E-state index contributed by atoms with van der Waals surface area (Å²) in [5.41, 5.74) is 2.56. The highest BCUT2D eigenvalue weighted by Crippen LogP contribution is 2.32. The fourth-order valence-electron chi connectivity index (χ4n) is 3.29. The third-order valence-electron chi connectivity index (χ3n) is 4.91. The zero-order valence-electron chi connectivity index (χ0n) is 15.0. The van der Waals surface area contributed by atoms with Gasteiger partial charge in [0.05, 0.1) is 12.9 Å². The monoisotopic (exact) mass is 389 g/mol. The first-order valence-electron chi connectivity index (χ1n) is 8.78. The van der Waals surface area contributed by atoms with Gasteiger partial charge in [0.15, 0.2) is 23.2 Å². The number of aliphatic hydroxyl groups excluding tert-OH is 3. The second-order valence-corrected chi connectivity index (χ2v) is 6.70. The van der Waals surface area contributed by atoms with Crippen molar-refractivity contribution in [3.05, 3.63) is 47.8 Å². The lowest BCUT2D eigenvalue weighted by atomic mass is 10.1. The van der Waals surface area contributed by atoms with Crippen LogP contribution in [0.5, 0.6) is 0 Å². The summed E-state index contributed by atoms with van der Waals surface area (Å²) in [6, 6.07) is 4.57. The molecule has 0 aliphatic carbocycles. The van der Waals surface area contributed by atoms with Crippen LogP contribution in [0.4, 0.5) is 10.2 Å². The van der Waals surface area contributed by atoms with Crippen molar-refractivity contribution in [2.75, 3.05) is 11.9 Å². The van der Waals surface area contributed by atoms with Crippen LogP contribution in [-0.4, -0.2) is 59.8 Å². The van der Waals surface area contributed by atoms with Gasteiger partial charge in [0, 0.05) is 6.54 Å². The van der Waals surface area contributed by atoms with Crippen LogP contribution < -0.4 is 5.32 Å². The lowest BCUT2D eigenvalue weighted by molar-refractivity contribution is -0.0511. The number of nitrogens with zero attached hydrogens (tertiary/aromatic N) is 4. The van der Waals surface area contributed by atoms with E-state index in [0.717, 1.165) is 11.1 Å². The molecule has 148 valence electrons. The highest BCUT2D eigenvalue weighted by atomic mass is 19.1. The average Bonchev–Trinajstić information content (AvgIpc) is 3.24. The fourth-order valence-corrected chi connectivity index (χ4v) is 3.29. The molecule has 0 amide bonds. The molecule has 1 aliphatic rings. The molecule has 3 heterocycles. The number of fused-ring (bicyclic) bond motifs is 1. The topological polar surface area (TPSA) is 126 Å². The van der Waals surface area contributed by atoms with Gasteiger partial charge in [0.1, 0.15) is 30.5 Å². The van der Waals surface area contributed by atoms with E-state index in [2.05, 4.69) is 20.3 Å². The van der Waals surface area contributed by atoms with Crippen LogP contribution in [0.1, 0.15) is 17.4 Å². The Kier molecular flexibility index (Phi) is 4.94. The molecule has 28 heavy (non-hydrogen) atoms. The molecule has 0 radical (unpaired) electrons. The van der Waals surface area contributed by atoms with E-state index in [-0.39, 0.29) is 5.82 Å². The summed E-state index contributed by atoms with van der Waals surface area (Å²) in [6.45, 7) is 1.81. The van der Waals surface area contributed by atoms with Gasteiger partial charge < -0.3 is 25.4 Å². The van der Waals surface area contributed by atoms with E-state index in [9.17, 15) is 19.7 Å². The van der Waals surface area contributed by atoms with Crippen LogP contribution in [-0.2, 0) is 11.3 Å². The van der Waals surface area contributed by atoms with Gasteiger partial charge in [0.2, 0.25) is 0 Å². The SMILES string of the molecule is Cc1ccc(F)cc1CNc1ncnc2c1ncn2C1O[C@H](CO)[C@@H](O)[C@H]1O.